The van der Waals surface area contributed by atoms with E-state index in [4.69, 9.17) is 0 Å². The van der Waals surface area contributed by atoms with Crippen molar-refractivity contribution in [3.8, 4) is 0 Å². The van der Waals surface area contributed by atoms with Crippen molar-refractivity contribution in [2.45, 2.75) is 13.0 Å². The van der Waals surface area contributed by atoms with Gasteiger partial charge in [0.05, 0.1) is 13.2 Å². The third-order valence-electron chi connectivity index (χ3n) is 0.940. The summed E-state index contributed by atoms with van der Waals surface area (Å²) in [6, 6.07) is -0.0729. The molecule has 0 fully saturated rings. The minimum Gasteiger partial charge on any atom is -0.453 e. The van der Waals surface area contributed by atoms with Gasteiger partial charge in [0.1, 0.15) is 0 Å². The van der Waals surface area contributed by atoms with Crippen LogP contribution in [-0.4, -0.2) is 19.2 Å². The lowest BCUT2D eigenvalue weighted by molar-refractivity contribution is 0.169. The van der Waals surface area contributed by atoms with E-state index < -0.39 is 6.09 Å². The van der Waals surface area contributed by atoms with Gasteiger partial charge in [0.25, 0.3) is 0 Å². The first-order chi connectivity index (χ1) is 5.20. The molecule has 0 aromatic rings. The van der Waals surface area contributed by atoms with E-state index in [9.17, 15) is 4.79 Å². The van der Waals surface area contributed by atoms with E-state index in [0.717, 1.165) is 0 Å². The number of amides is 1. The number of carbonyl (C=O) groups excluding carboxylic acids is 1. The summed E-state index contributed by atoms with van der Waals surface area (Å²) in [6.07, 6.45) is 1.26. The quantitative estimate of drug-likeness (QED) is 0.720. The molecule has 0 rings (SSSR count). The summed E-state index contributed by atoms with van der Waals surface area (Å²) in [4.78, 5) is 12.2. The van der Waals surface area contributed by atoms with E-state index in [0.29, 0.717) is 0 Å². The van der Waals surface area contributed by atoms with Crippen molar-refractivity contribution < 1.29 is 9.53 Å². The summed E-state index contributed by atoms with van der Waals surface area (Å²) in [5.74, 6) is 0. The Labute approximate surface area is 74.2 Å². The third-order valence-corrected chi connectivity index (χ3v) is 1.20. The Morgan fingerprint density at radius 2 is 2.45 bits per heavy atom. The van der Waals surface area contributed by atoms with Gasteiger partial charge in [-0.05, 0) is 13.0 Å². The molecule has 1 atom stereocenters. The van der Waals surface area contributed by atoms with Crippen LogP contribution in [0.5, 0.6) is 0 Å². The van der Waals surface area contributed by atoms with Crippen molar-refractivity contribution in [2.75, 3.05) is 7.11 Å². The number of rotatable bonds is 2. The highest BCUT2D eigenvalue weighted by Gasteiger charge is 2.00. The molecule has 1 amide bonds. The fraction of sp³-hybridized carbons (Fsp3) is 0.429. The standard InChI is InChI=1S/C7H10BrNO2/c1-6(4-3-5-8)9-7(10)11-2/h4-6H,1-2H3,(H,9,10). The first kappa shape index (κ1) is 10.3. The molecule has 0 spiro atoms. The van der Waals surface area contributed by atoms with Gasteiger partial charge in [-0.1, -0.05) is 15.9 Å². The fourth-order valence-electron chi connectivity index (χ4n) is 0.467. The van der Waals surface area contributed by atoms with Gasteiger partial charge in [0, 0.05) is 4.99 Å². The summed E-state index contributed by atoms with van der Waals surface area (Å²) in [6.45, 7) is 1.82. The molecule has 0 saturated heterocycles. The highest BCUT2D eigenvalue weighted by molar-refractivity contribution is 9.11. The zero-order valence-electron chi connectivity index (χ0n) is 6.43. The number of alkyl carbamates (subject to hydrolysis) is 1. The van der Waals surface area contributed by atoms with E-state index >= 15 is 0 Å². The van der Waals surface area contributed by atoms with Crippen LogP contribution in [0.2, 0.25) is 0 Å². The molecule has 62 valence electrons. The lowest BCUT2D eigenvalue weighted by Gasteiger charge is -2.05. The van der Waals surface area contributed by atoms with Gasteiger partial charge in [-0.15, -0.1) is 5.73 Å². The number of carbonyl (C=O) groups is 1. The Hall–Kier alpha value is -0.730. The van der Waals surface area contributed by atoms with Gasteiger partial charge in [-0.3, -0.25) is 0 Å². The van der Waals surface area contributed by atoms with Crippen molar-refractivity contribution in [1.82, 2.24) is 5.32 Å². The van der Waals surface area contributed by atoms with Gasteiger partial charge in [0.15, 0.2) is 0 Å². The van der Waals surface area contributed by atoms with Crippen LogP contribution in [0.15, 0.2) is 16.8 Å². The van der Waals surface area contributed by atoms with Crippen LogP contribution in [0.3, 0.4) is 0 Å². The van der Waals surface area contributed by atoms with Gasteiger partial charge in [0.2, 0.25) is 0 Å². The number of methoxy groups -OCH3 is 1. The van der Waals surface area contributed by atoms with Crippen molar-refractivity contribution in [3.63, 3.8) is 0 Å². The van der Waals surface area contributed by atoms with E-state index in [-0.39, 0.29) is 6.04 Å². The first-order valence-corrected chi connectivity index (χ1v) is 3.98. The SMILES string of the molecule is COC(=O)NC(C)C=C=CBr. The van der Waals surface area contributed by atoms with E-state index in [1.165, 1.54) is 7.11 Å². The van der Waals surface area contributed by atoms with Crippen molar-refractivity contribution >= 4 is 22.0 Å². The highest BCUT2D eigenvalue weighted by Crippen LogP contribution is 1.85. The molecule has 1 N–H and O–H groups in total. The van der Waals surface area contributed by atoms with Crippen molar-refractivity contribution in [2.24, 2.45) is 0 Å². The number of nitrogens with one attached hydrogen (secondary N) is 1. The maximum atomic E-state index is 10.6. The fourth-order valence-corrected chi connectivity index (χ4v) is 0.620. The van der Waals surface area contributed by atoms with Crippen LogP contribution >= 0.6 is 15.9 Å². The second kappa shape index (κ2) is 6.01. The molecule has 0 aliphatic heterocycles. The molecule has 1 unspecified atom stereocenters. The molecule has 0 aromatic carbocycles. The topological polar surface area (TPSA) is 38.3 Å². The van der Waals surface area contributed by atoms with Crippen molar-refractivity contribution in [1.29, 1.82) is 0 Å². The zero-order valence-corrected chi connectivity index (χ0v) is 8.01. The summed E-state index contributed by atoms with van der Waals surface area (Å²) >= 11 is 3.05. The number of hydrogen-bond donors (Lipinski definition) is 1. The Morgan fingerprint density at radius 1 is 1.82 bits per heavy atom. The van der Waals surface area contributed by atoms with Crippen LogP contribution in [-0.2, 0) is 4.74 Å². The largest absolute Gasteiger partial charge is 0.453 e. The van der Waals surface area contributed by atoms with Gasteiger partial charge >= 0.3 is 6.09 Å². The zero-order chi connectivity index (χ0) is 8.69. The van der Waals surface area contributed by atoms with Crippen LogP contribution in [0, 0.1) is 0 Å². The Bertz CT molecular complexity index is 185. The molecule has 0 bridgehead atoms. The predicted molar refractivity (Wildman–Crippen MR) is 46.6 cm³/mol. The highest BCUT2D eigenvalue weighted by atomic mass is 79.9. The van der Waals surface area contributed by atoms with Gasteiger partial charge in [-0.25, -0.2) is 4.79 Å². The molecular weight excluding hydrogens is 210 g/mol. The maximum Gasteiger partial charge on any atom is 0.407 e. The normalized spacial score (nSPS) is 10.8. The second-order valence-electron chi connectivity index (χ2n) is 1.87. The molecule has 0 aromatic heterocycles. The lowest BCUT2D eigenvalue weighted by Crippen LogP contribution is -2.30. The van der Waals surface area contributed by atoms with E-state index in [1.807, 2.05) is 6.92 Å². The Balaban J connectivity index is 3.78. The minimum atomic E-state index is -0.440. The summed E-state index contributed by atoms with van der Waals surface area (Å²) in [5.41, 5.74) is 2.77. The smallest absolute Gasteiger partial charge is 0.407 e. The number of ether oxygens (including phenoxy) is 1. The van der Waals surface area contributed by atoms with Gasteiger partial charge < -0.3 is 10.1 Å². The molecule has 0 heterocycles. The first-order valence-electron chi connectivity index (χ1n) is 3.06. The van der Waals surface area contributed by atoms with Crippen LogP contribution in [0.4, 0.5) is 4.79 Å². The van der Waals surface area contributed by atoms with Crippen LogP contribution in [0.25, 0.3) is 0 Å². The number of hydrogen-bond acceptors (Lipinski definition) is 2. The predicted octanol–water partition coefficient (Wildman–Crippen LogP) is 1.79. The molecule has 0 saturated carbocycles. The van der Waals surface area contributed by atoms with Crippen LogP contribution in [0.1, 0.15) is 6.92 Å². The van der Waals surface area contributed by atoms with Crippen LogP contribution < -0.4 is 5.32 Å². The average molecular weight is 220 g/mol. The molecular formula is C7H10BrNO2. The summed E-state index contributed by atoms with van der Waals surface area (Å²) < 4.78 is 4.38. The Morgan fingerprint density at radius 3 is 2.91 bits per heavy atom. The van der Waals surface area contributed by atoms with E-state index in [2.05, 4.69) is 31.7 Å². The monoisotopic (exact) mass is 219 g/mol. The molecule has 0 aliphatic carbocycles. The number of halogens is 1. The Kier molecular flexibility index (Phi) is 5.61. The molecule has 4 heteroatoms. The third kappa shape index (κ3) is 5.70. The lowest BCUT2D eigenvalue weighted by atomic mass is 10.3. The summed E-state index contributed by atoms with van der Waals surface area (Å²) in [7, 11) is 1.33. The molecule has 0 aliphatic rings. The molecule has 3 nitrogen and oxygen atoms in total. The maximum absolute atomic E-state index is 10.6. The van der Waals surface area contributed by atoms with E-state index in [1.54, 1.807) is 11.1 Å². The molecule has 0 radical (unpaired) electrons. The van der Waals surface area contributed by atoms with Crippen molar-refractivity contribution in [3.05, 3.63) is 16.8 Å². The average Bonchev–Trinajstić information content (AvgIpc) is 2.00. The summed E-state index contributed by atoms with van der Waals surface area (Å²) in [5, 5.41) is 2.54. The molecule has 11 heavy (non-hydrogen) atoms. The minimum absolute atomic E-state index is 0.0729. The van der Waals surface area contributed by atoms with Gasteiger partial charge in [-0.2, -0.15) is 0 Å². The second-order valence-corrected chi connectivity index (χ2v) is 2.32.